The van der Waals surface area contributed by atoms with E-state index in [9.17, 15) is 18.3 Å². The minimum Gasteiger partial charge on any atom is -0.480 e. The Morgan fingerprint density at radius 1 is 1.25 bits per heavy atom. The maximum Gasteiger partial charge on any atom is 0.322 e. The first-order chi connectivity index (χ1) is 9.34. The molecule has 0 unspecified atom stereocenters. The third kappa shape index (κ3) is 2.71. The Morgan fingerprint density at radius 3 is 2.55 bits per heavy atom. The van der Waals surface area contributed by atoms with E-state index in [1.807, 2.05) is 13.8 Å². The molecule has 2 rings (SSSR count). The Balaban J connectivity index is 2.42. The van der Waals surface area contributed by atoms with Crippen LogP contribution in [-0.4, -0.2) is 36.4 Å². The summed E-state index contributed by atoms with van der Waals surface area (Å²) in [7, 11) is -3.74. The zero-order chi connectivity index (χ0) is 14.9. The van der Waals surface area contributed by atoms with Gasteiger partial charge >= 0.3 is 5.97 Å². The molecule has 5 nitrogen and oxygen atoms in total. The van der Waals surface area contributed by atoms with Crippen molar-refractivity contribution in [1.82, 2.24) is 4.31 Å². The van der Waals surface area contributed by atoms with Crippen LogP contribution in [0.4, 0.5) is 0 Å². The van der Waals surface area contributed by atoms with Gasteiger partial charge in [-0.05, 0) is 56.4 Å². The van der Waals surface area contributed by atoms with Gasteiger partial charge in [-0.25, -0.2) is 8.42 Å². The molecular weight excluding hydrogens is 278 g/mol. The number of hydrogen-bond donors (Lipinski definition) is 1. The maximum atomic E-state index is 12.6. The summed E-state index contributed by atoms with van der Waals surface area (Å²) in [5, 5.41) is 9.21. The Hall–Kier alpha value is -1.40. The fourth-order valence-corrected chi connectivity index (χ4v) is 4.19. The second-order valence-corrected chi connectivity index (χ2v) is 7.10. The molecule has 1 aromatic rings. The normalized spacial score (nSPS) is 20.8. The highest BCUT2D eigenvalue weighted by molar-refractivity contribution is 7.89. The number of carboxylic acid groups (broad SMARTS) is 1. The lowest BCUT2D eigenvalue weighted by Gasteiger charge is -2.32. The van der Waals surface area contributed by atoms with Crippen molar-refractivity contribution in [1.29, 1.82) is 0 Å². The van der Waals surface area contributed by atoms with Gasteiger partial charge in [-0.1, -0.05) is 6.07 Å². The van der Waals surface area contributed by atoms with Gasteiger partial charge in [0.25, 0.3) is 0 Å². The monoisotopic (exact) mass is 297 g/mol. The Kier molecular flexibility index (Phi) is 4.15. The molecule has 1 saturated heterocycles. The summed E-state index contributed by atoms with van der Waals surface area (Å²) in [6, 6.07) is 3.96. The summed E-state index contributed by atoms with van der Waals surface area (Å²) in [5.41, 5.74) is 1.90. The fourth-order valence-electron chi connectivity index (χ4n) is 2.45. The number of rotatable bonds is 3. The molecule has 0 bridgehead atoms. The van der Waals surface area contributed by atoms with Crippen LogP contribution in [0, 0.1) is 13.8 Å². The van der Waals surface area contributed by atoms with Crippen LogP contribution >= 0.6 is 0 Å². The van der Waals surface area contributed by atoms with Crippen molar-refractivity contribution in [2.24, 2.45) is 0 Å². The number of benzene rings is 1. The summed E-state index contributed by atoms with van der Waals surface area (Å²) >= 11 is 0. The average Bonchev–Trinajstić information content (AvgIpc) is 2.41. The van der Waals surface area contributed by atoms with Crippen molar-refractivity contribution in [3.63, 3.8) is 0 Å². The van der Waals surface area contributed by atoms with E-state index in [0.29, 0.717) is 12.8 Å². The highest BCUT2D eigenvalue weighted by atomic mass is 32.2. The molecule has 1 atom stereocenters. The van der Waals surface area contributed by atoms with Crippen LogP contribution < -0.4 is 0 Å². The second kappa shape index (κ2) is 5.54. The number of hydrogen-bond acceptors (Lipinski definition) is 3. The first-order valence-electron chi connectivity index (χ1n) is 6.66. The predicted octanol–water partition coefficient (Wildman–Crippen LogP) is 1.93. The largest absolute Gasteiger partial charge is 0.480 e. The molecule has 0 spiro atoms. The molecule has 1 heterocycles. The zero-order valence-corrected chi connectivity index (χ0v) is 12.5. The summed E-state index contributed by atoms with van der Waals surface area (Å²) in [5.74, 6) is -1.07. The highest BCUT2D eigenvalue weighted by Gasteiger charge is 2.37. The third-order valence-electron chi connectivity index (χ3n) is 3.82. The van der Waals surface area contributed by atoms with E-state index in [2.05, 4.69) is 0 Å². The Labute approximate surface area is 119 Å². The lowest BCUT2D eigenvalue weighted by Crippen LogP contribution is -2.47. The molecule has 1 aliphatic heterocycles. The van der Waals surface area contributed by atoms with E-state index in [-0.39, 0.29) is 11.4 Å². The van der Waals surface area contributed by atoms with Gasteiger partial charge in [0.05, 0.1) is 4.90 Å². The molecule has 0 radical (unpaired) electrons. The van der Waals surface area contributed by atoms with Gasteiger partial charge in [0, 0.05) is 6.54 Å². The first kappa shape index (κ1) is 15.0. The lowest BCUT2D eigenvalue weighted by atomic mass is 10.1. The molecule has 1 N–H and O–H groups in total. The summed E-state index contributed by atoms with van der Waals surface area (Å²) < 4.78 is 26.4. The predicted molar refractivity (Wildman–Crippen MR) is 75.1 cm³/mol. The van der Waals surface area contributed by atoms with Gasteiger partial charge in [-0.2, -0.15) is 4.31 Å². The molecule has 0 aliphatic carbocycles. The van der Waals surface area contributed by atoms with Gasteiger partial charge in [-0.15, -0.1) is 0 Å². The van der Waals surface area contributed by atoms with Crippen LogP contribution in [0.1, 0.15) is 30.4 Å². The Morgan fingerprint density at radius 2 is 1.95 bits per heavy atom. The molecule has 1 aliphatic rings. The molecule has 110 valence electrons. The van der Waals surface area contributed by atoms with E-state index in [4.69, 9.17) is 0 Å². The summed E-state index contributed by atoms with van der Waals surface area (Å²) in [6.07, 6.45) is 1.82. The summed E-state index contributed by atoms with van der Waals surface area (Å²) in [6.45, 7) is 4.03. The smallest absolute Gasteiger partial charge is 0.322 e. The quantitative estimate of drug-likeness (QED) is 0.925. The maximum absolute atomic E-state index is 12.6. The van der Waals surface area contributed by atoms with E-state index in [1.165, 1.54) is 0 Å². The van der Waals surface area contributed by atoms with Crippen molar-refractivity contribution < 1.29 is 18.3 Å². The van der Waals surface area contributed by atoms with Crippen molar-refractivity contribution in [3.05, 3.63) is 29.3 Å². The van der Waals surface area contributed by atoms with Crippen LogP contribution in [-0.2, 0) is 14.8 Å². The average molecular weight is 297 g/mol. The van der Waals surface area contributed by atoms with Gasteiger partial charge in [-0.3, -0.25) is 4.79 Å². The molecule has 0 amide bonds. The van der Waals surface area contributed by atoms with Crippen LogP contribution in [0.2, 0.25) is 0 Å². The van der Waals surface area contributed by atoms with Gasteiger partial charge < -0.3 is 5.11 Å². The van der Waals surface area contributed by atoms with E-state index >= 15 is 0 Å². The van der Waals surface area contributed by atoms with Gasteiger partial charge in [0.2, 0.25) is 10.0 Å². The number of nitrogens with zero attached hydrogens (tertiary/aromatic N) is 1. The Bertz CT molecular complexity index is 624. The van der Waals surface area contributed by atoms with E-state index in [0.717, 1.165) is 21.9 Å². The van der Waals surface area contributed by atoms with Crippen molar-refractivity contribution in [3.8, 4) is 0 Å². The van der Waals surface area contributed by atoms with Gasteiger partial charge in [0.1, 0.15) is 6.04 Å². The van der Waals surface area contributed by atoms with Crippen molar-refractivity contribution in [2.45, 2.75) is 44.0 Å². The molecular formula is C14H19NO4S. The number of piperidine rings is 1. The topological polar surface area (TPSA) is 74.7 Å². The molecule has 20 heavy (non-hydrogen) atoms. The number of sulfonamides is 1. The minimum atomic E-state index is -3.74. The highest BCUT2D eigenvalue weighted by Crippen LogP contribution is 2.26. The molecule has 0 aromatic heterocycles. The van der Waals surface area contributed by atoms with Crippen LogP contribution in [0.25, 0.3) is 0 Å². The number of carboxylic acids is 1. The SMILES string of the molecule is Cc1ccc(S(=O)(=O)N2CCCC[C@@H]2C(=O)O)cc1C. The van der Waals surface area contributed by atoms with E-state index < -0.39 is 22.0 Å². The van der Waals surface area contributed by atoms with E-state index in [1.54, 1.807) is 18.2 Å². The molecule has 6 heteroatoms. The molecule has 0 saturated carbocycles. The van der Waals surface area contributed by atoms with Gasteiger partial charge in [0.15, 0.2) is 0 Å². The lowest BCUT2D eigenvalue weighted by molar-refractivity contribution is -0.142. The summed E-state index contributed by atoms with van der Waals surface area (Å²) in [4.78, 5) is 11.4. The van der Waals surface area contributed by atoms with Crippen molar-refractivity contribution >= 4 is 16.0 Å². The van der Waals surface area contributed by atoms with Crippen LogP contribution in [0.15, 0.2) is 23.1 Å². The fraction of sp³-hybridized carbons (Fsp3) is 0.500. The number of aliphatic carboxylic acids is 1. The second-order valence-electron chi connectivity index (χ2n) is 5.21. The molecule has 1 fully saturated rings. The third-order valence-corrected chi connectivity index (χ3v) is 5.73. The zero-order valence-electron chi connectivity index (χ0n) is 11.7. The minimum absolute atomic E-state index is 0.175. The standard InChI is InChI=1S/C14H19NO4S/c1-10-6-7-12(9-11(10)2)20(18,19)15-8-4-3-5-13(15)14(16)17/h6-7,9,13H,3-5,8H2,1-2H3,(H,16,17)/t13-/m1/s1. The van der Waals surface area contributed by atoms with Crippen LogP contribution in [0.3, 0.4) is 0 Å². The number of carbonyl (C=O) groups is 1. The van der Waals surface area contributed by atoms with Crippen LogP contribution in [0.5, 0.6) is 0 Å². The number of aryl methyl sites for hydroxylation is 2. The molecule has 1 aromatic carbocycles. The van der Waals surface area contributed by atoms with Crippen molar-refractivity contribution in [2.75, 3.05) is 6.54 Å². The first-order valence-corrected chi connectivity index (χ1v) is 8.10.